The van der Waals surface area contributed by atoms with Crippen LogP contribution in [0, 0.1) is 5.41 Å². The first-order valence-corrected chi connectivity index (χ1v) is 10.0. The Kier molecular flexibility index (Phi) is 5.71. The van der Waals surface area contributed by atoms with Crippen LogP contribution in [0.4, 0.5) is 5.82 Å². The molecule has 152 valence electrons. The summed E-state index contributed by atoms with van der Waals surface area (Å²) in [6, 6.07) is 8.05. The van der Waals surface area contributed by atoms with Gasteiger partial charge in [-0.05, 0) is 38.3 Å². The first-order valence-electron chi connectivity index (χ1n) is 10.0. The molecule has 29 heavy (non-hydrogen) atoms. The number of methoxy groups -OCH3 is 1. The summed E-state index contributed by atoms with van der Waals surface area (Å²) >= 11 is 0. The molecule has 0 bridgehead atoms. The molecule has 0 amide bonds. The monoisotopic (exact) mass is 393 g/mol. The van der Waals surface area contributed by atoms with Crippen molar-refractivity contribution < 1.29 is 4.74 Å². The van der Waals surface area contributed by atoms with E-state index in [0.717, 1.165) is 41.8 Å². The van der Waals surface area contributed by atoms with Crippen LogP contribution in [0.25, 0.3) is 11.0 Å². The first kappa shape index (κ1) is 19.3. The summed E-state index contributed by atoms with van der Waals surface area (Å²) in [5, 5.41) is 15.0. The fraction of sp³-hybridized carbons (Fsp3) is 0.429. The number of ether oxygens (including phenoxy) is 1. The van der Waals surface area contributed by atoms with Gasteiger partial charge in [-0.3, -0.25) is 5.41 Å². The van der Waals surface area contributed by atoms with Crippen LogP contribution in [0.5, 0.6) is 0 Å². The summed E-state index contributed by atoms with van der Waals surface area (Å²) < 4.78 is 5.17. The van der Waals surface area contributed by atoms with Crippen molar-refractivity contribution in [2.75, 3.05) is 19.0 Å². The van der Waals surface area contributed by atoms with Crippen LogP contribution in [0.1, 0.15) is 49.3 Å². The van der Waals surface area contributed by atoms with Crippen molar-refractivity contribution in [3.8, 4) is 0 Å². The van der Waals surface area contributed by atoms with Gasteiger partial charge in [0.1, 0.15) is 17.4 Å². The van der Waals surface area contributed by atoms with E-state index in [1.807, 2.05) is 24.3 Å². The van der Waals surface area contributed by atoms with E-state index in [2.05, 4.69) is 32.5 Å². The van der Waals surface area contributed by atoms with Crippen molar-refractivity contribution in [3.05, 3.63) is 47.7 Å². The lowest BCUT2D eigenvalue weighted by molar-refractivity contribution is 0.191. The SMILES string of the molecule is COCCC(C)Nc1nc(C2CC2)cnc1C(=N)NCc1nc2ccccc2[nH]1. The molecule has 1 atom stereocenters. The van der Waals surface area contributed by atoms with E-state index in [9.17, 15) is 0 Å². The zero-order chi connectivity index (χ0) is 20.2. The largest absolute Gasteiger partial charge is 0.385 e. The minimum Gasteiger partial charge on any atom is -0.385 e. The van der Waals surface area contributed by atoms with Crippen LogP contribution < -0.4 is 10.6 Å². The number of aromatic amines is 1. The predicted octanol–water partition coefficient (Wildman–Crippen LogP) is 3.18. The number of rotatable bonds is 9. The van der Waals surface area contributed by atoms with Crippen LogP contribution in [-0.4, -0.2) is 45.5 Å². The Bertz CT molecular complexity index is 963. The molecule has 8 heteroatoms. The van der Waals surface area contributed by atoms with E-state index in [-0.39, 0.29) is 11.9 Å². The van der Waals surface area contributed by atoms with E-state index in [4.69, 9.17) is 15.1 Å². The quantitative estimate of drug-likeness (QED) is 0.328. The zero-order valence-electron chi connectivity index (χ0n) is 16.8. The fourth-order valence-electron chi connectivity index (χ4n) is 3.21. The number of amidine groups is 1. The summed E-state index contributed by atoms with van der Waals surface area (Å²) in [4.78, 5) is 17.1. The molecule has 8 nitrogen and oxygen atoms in total. The molecule has 4 N–H and O–H groups in total. The number of para-hydroxylation sites is 2. The molecule has 1 fully saturated rings. The number of H-pyrrole nitrogens is 1. The zero-order valence-corrected chi connectivity index (χ0v) is 16.8. The van der Waals surface area contributed by atoms with Crippen LogP contribution in [-0.2, 0) is 11.3 Å². The third-order valence-electron chi connectivity index (χ3n) is 5.03. The highest BCUT2D eigenvalue weighted by Gasteiger charge is 2.27. The number of imidazole rings is 1. The van der Waals surface area contributed by atoms with Gasteiger partial charge in [-0.2, -0.15) is 0 Å². The molecule has 0 radical (unpaired) electrons. The predicted molar refractivity (Wildman–Crippen MR) is 113 cm³/mol. The van der Waals surface area contributed by atoms with Crippen LogP contribution >= 0.6 is 0 Å². The van der Waals surface area contributed by atoms with Crippen molar-refractivity contribution in [1.82, 2.24) is 25.3 Å². The number of fused-ring (bicyclic) bond motifs is 1. The molecule has 0 saturated heterocycles. The number of anilines is 1. The second-order valence-electron chi connectivity index (χ2n) is 7.52. The van der Waals surface area contributed by atoms with Crippen LogP contribution in [0.2, 0.25) is 0 Å². The number of nitrogens with zero attached hydrogens (tertiary/aromatic N) is 3. The average Bonchev–Trinajstić information content (AvgIpc) is 3.49. The lowest BCUT2D eigenvalue weighted by Gasteiger charge is -2.18. The Balaban J connectivity index is 1.48. The van der Waals surface area contributed by atoms with Crippen molar-refractivity contribution in [3.63, 3.8) is 0 Å². The maximum atomic E-state index is 8.51. The molecular weight excluding hydrogens is 366 g/mol. The van der Waals surface area contributed by atoms with Gasteiger partial charge in [-0.15, -0.1) is 0 Å². The standard InChI is InChI=1S/C21H27N7O/c1-13(9-10-29-2)25-21-19(23-11-17(28-21)14-7-8-14)20(22)24-12-18-26-15-5-3-4-6-16(15)27-18/h3-6,11,13-14H,7-10,12H2,1-2H3,(H2,22,24)(H,25,28)(H,26,27). The van der Waals surface area contributed by atoms with Gasteiger partial charge in [0.2, 0.25) is 0 Å². The van der Waals surface area contributed by atoms with Gasteiger partial charge in [0.25, 0.3) is 0 Å². The third kappa shape index (κ3) is 4.71. The molecule has 3 aromatic rings. The molecule has 4 rings (SSSR count). The Morgan fingerprint density at radius 3 is 2.90 bits per heavy atom. The normalized spacial score (nSPS) is 14.7. The van der Waals surface area contributed by atoms with Gasteiger partial charge in [0, 0.05) is 31.9 Å². The van der Waals surface area contributed by atoms with E-state index in [1.54, 1.807) is 13.3 Å². The Morgan fingerprint density at radius 1 is 1.31 bits per heavy atom. The van der Waals surface area contributed by atoms with Crippen molar-refractivity contribution >= 4 is 22.7 Å². The van der Waals surface area contributed by atoms with Gasteiger partial charge in [-0.1, -0.05) is 12.1 Å². The number of nitrogens with one attached hydrogen (secondary N) is 4. The van der Waals surface area contributed by atoms with Gasteiger partial charge in [0.15, 0.2) is 5.82 Å². The summed E-state index contributed by atoms with van der Waals surface area (Å²) in [5.74, 6) is 2.16. The van der Waals surface area contributed by atoms with Gasteiger partial charge < -0.3 is 20.4 Å². The molecule has 1 aromatic carbocycles. The lowest BCUT2D eigenvalue weighted by atomic mass is 10.2. The highest BCUT2D eigenvalue weighted by molar-refractivity contribution is 5.98. The Morgan fingerprint density at radius 2 is 2.14 bits per heavy atom. The van der Waals surface area contributed by atoms with Gasteiger partial charge >= 0.3 is 0 Å². The highest BCUT2D eigenvalue weighted by Crippen LogP contribution is 2.39. The van der Waals surface area contributed by atoms with E-state index < -0.39 is 0 Å². The number of aromatic nitrogens is 4. The van der Waals surface area contributed by atoms with Crippen LogP contribution in [0.15, 0.2) is 30.5 Å². The first-order chi connectivity index (χ1) is 14.1. The number of benzene rings is 1. The van der Waals surface area contributed by atoms with Crippen molar-refractivity contribution in [2.45, 2.75) is 44.7 Å². The Labute approximate surface area is 170 Å². The highest BCUT2D eigenvalue weighted by atomic mass is 16.5. The molecule has 1 unspecified atom stereocenters. The number of hydrogen-bond donors (Lipinski definition) is 4. The second kappa shape index (κ2) is 8.57. The van der Waals surface area contributed by atoms with Gasteiger partial charge in [0.05, 0.1) is 23.3 Å². The molecule has 2 heterocycles. The molecule has 1 saturated carbocycles. The fourth-order valence-corrected chi connectivity index (χ4v) is 3.21. The number of hydrogen-bond acceptors (Lipinski definition) is 6. The van der Waals surface area contributed by atoms with E-state index >= 15 is 0 Å². The maximum absolute atomic E-state index is 8.51. The van der Waals surface area contributed by atoms with Crippen molar-refractivity contribution in [2.24, 2.45) is 0 Å². The minimum absolute atomic E-state index is 0.167. The molecule has 1 aliphatic rings. The average molecular weight is 393 g/mol. The van der Waals surface area contributed by atoms with Crippen molar-refractivity contribution in [1.29, 1.82) is 5.41 Å². The second-order valence-corrected chi connectivity index (χ2v) is 7.52. The van der Waals surface area contributed by atoms with Crippen LogP contribution in [0.3, 0.4) is 0 Å². The molecule has 0 aliphatic heterocycles. The summed E-state index contributed by atoms with van der Waals surface area (Å²) in [6.45, 7) is 3.17. The molecular formula is C21H27N7O. The summed E-state index contributed by atoms with van der Waals surface area (Å²) in [7, 11) is 1.70. The molecule has 0 spiro atoms. The van der Waals surface area contributed by atoms with Gasteiger partial charge in [-0.25, -0.2) is 15.0 Å². The third-order valence-corrected chi connectivity index (χ3v) is 5.03. The molecule has 1 aliphatic carbocycles. The Hall–Kier alpha value is -3.00. The van der Waals surface area contributed by atoms with E-state index in [1.165, 1.54) is 0 Å². The minimum atomic E-state index is 0.167. The van der Waals surface area contributed by atoms with E-state index in [0.29, 0.717) is 30.6 Å². The molecule has 2 aromatic heterocycles. The topological polar surface area (TPSA) is 112 Å². The smallest absolute Gasteiger partial charge is 0.156 e. The summed E-state index contributed by atoms with van der Waals surface area (Å²) in [5.41, 5.74) is 3.42. The maximum Gasteiger partial charge on any atom is 0.156 e. The lowest BCUT2D eigenvalue weighted by Crippen LogP contribution is -2.28. The summed E-state index contributed by atoms with van der Waals surface area (Å²) in [6.07, 6.45) is 4.98.